The molecule has 0 spiro atoms. The minimum atomic E-state index is 0.357. The Morgan fingerprint density at radius 3 is 2.12 bits per heavy atom. The minimum absolute atomic E-state index is 0.357. The lowest BCUT2D eigenvalue weighted by atomic mass is 9.91. The molecule has 4 rings (SSSR count). The van der Waals surface area contributed by atoms with Crippen LogP contribution in [0.25, 0.3) is 0 Å². The van der Waals surface area contributed by atoms with Crippen LogP contribution in [0.1, 0.15) is 30.5 Å². The molecule has 3 aromatic carbocycles. The zero-order valence-corrected chi connectivity index (χ0v) is 14.5. The van der Waals surface area contributed by atoms with E-state index < -0.39 is 0 Å². The summed E-state index contributed by atoms with van der Waals surface area (Å²) in [5.41, 5.74) is 4.95. The van der Waals surface area contributed by atoms with Crippen LogP contribution in [0.15, 0.2) is 89.9 Å². The van der Waals surface area contributed by atoms with Gasteiger partial charge in [0.05, 0.1) is 11.7 Å². The van der Waals surface area contributed by atoms with Crippen molar-refractivity contribution in [3.05, 3.63) is 96.1 Å². The Balaban J connectivity index is 1.67. The van der Waals surface area contributed by atoms with Crippen LogP contribution < -0.4 is 4.90 Å². The highest BCUT2D eigenvalue weighted by Gasteiger charge is 2.36. The fourth-order valence-electron chi connectivity index (χ4n) is 3.34. The van der Waals surface area contributed by atoms with E-state index in [1.165, 1.54) is 16.8 Å². The Kier molecular flexibility index (Phi) is 4.34. The van der Waals surface area contributed by atoms with Crippen molar-refractivity contribution < 1.29 is 0 Å². The van der Waals surface area contributed by atoms with Crippen LogP contribution in [0.2, 0.25) is 0 Å². The molecule has 3 aromatic rings. The average Bonchev–Trinajstić information content (AvgIpc) is 2.67. The van der Waals surface area contributed by atoms with Gasteiger partial charge in [-0.05, 0) is 41.8 Å². The summed E-state index contributed by atoms with van der Waals surface area (Å²) in [6.07, 6.45) is 2.04. The Hall–Kier alpha value is -2.87. The number of hydrogen-bond acceptors (Lipinski definition) is 1. The second-order valence-electron chi connectivity index (χ2n) is 6.38. The van der Waals surface area contributed by atoms with E-state index in [1.807, 2.05) is 18.2 Å². The highest BCUT2D eigenvalue weighted by molar-refractivity contribution is 6.06. The van der Waals surface area contributed by atoms with Crippen LogP contribution in [0.5, 0.6) is 0 Å². The second-order valence-corrected chi connectivity index (χ2v) is 6.38. The maximum atomic E-state index is 4.87. The van der Waals surface area contributed by atoms with E-state index in [0.717, 1.165) is 24.4 Å². The van der Waals surface area contributed by atoms with Crippen LogP contribution in [0, 0.1) is 0 Å². The maximum absolute atomic E-state index is 4.87. The summed E-state index contributed by atoms with van der Waals surface area (Å²) in [6.45, 7) is 2.19. The van der Waals surface area contributed by atoms with Crippen LogP contribution in [0.4, 0.5) is 11.4 Å². The van der Waals surface area contributed by atoms with Gasteiger partial charge in [0.2, 0.25) is 0 Å². The number of anilines is 1. The van der Waals surface area contributed by atoms with Crippen molar-refractivity contribution in [1.29, 1.82) is 0 Å². The molecule has 0 N–H and O–H groups in total. The zero-order chi connectivity index (χ0) is 17.1. The third kappa shape index (κ3) is 3.20. The topological polar surface area (TPSA) is 15.6 Å². The molecule has 25 heavy (non-hydrogen) atoms. The molecule has 1 fully saturated rings. The molecular formula is C23H22N2. The summed E-state index contributed by atoms with van der Waals surface area (Å²) < 4.78 is 0. The van der Waals surface area contributed by atoms with Gasteiger partial charge in [0, 0.05) is 12.1 Å². The first-order valence-corrected chi connectivity index (χ1v) is 8.91. The Morgan fingerprint density at radius 2 is 1.48 bits per heavy atom. The maximum Gasteiger partial charge on any atom is 0.112 e. The summed E-state index contributed by atoms with van der Waals surface area (Å²) in [6, 6.07) is 30.1. The standard InChI is InChI=1S/C23H22N2/c1-2-18-13-15-19(16-14-18)22-17-23(24-20-9-5-3-6-10-20)25(22)21-11-7-4-8-12-21/h3-16,22H,2,17H2,1H3. The van der Waals surface area contributed by atoms with Gasteiger partial charge in [-0.1, -0.05) is 67.6 Å². The van der Waals surface area contributed by atoms with E-state index >= 15 is 0 Å². The molecule has 1 unspecified atom stereocenters. The molecule has 1 atom stereocenters. The quantitative estimate of drug-likeness (QED) is 0.580. The SMILES string of the molecule is CCc1ccc(C2CC(=Nc3ccccc3)N2c2ccccc2)cc1. The number of amidine groups is 1. The van der Waals surface area contributed by atoms with Gasteiger partial charge in [0.1, 0.15) is 5.84 Å². The molecule has 0 aliphatic carbocycles. The second kappa shape index (κ2) is 6.94. The van der Waals surface area contributed by atoms with Gasteiger partial charge < -0.3 is 4.90 Å². The van der Waals surface area contributed by atoms with Crippen LogP contribution in [0.3, 0.4) is 0 Å². The highest BCUT2D eigenvalue weighted by Crippen LogP contribution is 2.40. The number of aryl methyl sites for hydroxylation is 1. The van der Waals surface area contributed by atoms with E-state index in [9.17, 15) is 0 Å². The Morgan fingerprint density at radius 1 is 0.840 bits per heavy atom. The fourth-order valence-corrected chi connectivity index (χ4v) is 3.34. The van der Waals surface area contributed by atoms with Crippen LogP contribution in [-0.2, 0) is 6.42 Å². The molecule has 0 bridgehead atoms. The predicted molar refractivity (Wildman–Crippen MR) is 106 cm³/mol. The summed E-state index contributed by atoms with van der Waals surface area (Å²) in [4.78, 5) is 7.23. The zero-order valence-electron chi connectivity index (χ0n) is 14.5. The Bertz CT molecular complexity index is 852. The molecule has 0 amide bonds. The lowest BCUT2D eigenvalue weighted by Crippen LogP contribution is -2.46. The molecule has 124 valence electrons. The van der Waals surface area contributed by atoms with Gasteiger partial charge in [-0.2, -0.15) is 0 Å². The summed E-state index contributed by atoms with van der Waals surface area (Å²) in [5.74, 6) is 1.13. The van der Waals surface area contributed by atoms with Crippen LogP contribution >= 0.6 is 0 Å². The lowest BCUT2D eigenvalue weighted by molar-refractivity contribution is 0.652. The first kappa shape index (κ1) is 15.6. The van der Waals surface area contributed by atoms with Crippen molar-refractivity contribution in [3.8, 4) is 0 Å². The summed E-state index contributed by atoms with van der Waals surface area (Å²) >= 11 is 0. The first-order chi connectivity index (χ1) is 12.3. The number of aliphatic imine (C=N–C) groups is 1. The Labute approximate surface area is 149 Å². The molecule has 0 saturated carbocycles. The predicted octanol–water partition coefficient (Wildman–Crippen LogP) is 5.93. The molecule has 1 aliphatic heterocycles. The van der Waals surface area contributed by atoms with Crippen molar-refractivity contribution in [3.63, 3.8) is 0 Å². The fraction of sp³-hybridized carbons (Fsp3) is 0.174. The van der Waals surface area contributed by atoms with Crippen molar-refractivity contribution >= 4 is 17.2 Å². The largest absolute Gasteiger partial charge is 0.322 e. The van der Waals surface area contributed by atoms with Gasteiger partial charge in [-0.3, -0.25) is 0 Å². The van der Waals surface area contributed by atoms with Crippen molar-refractivity contribution in [2.45, 2.75) is 25.8 Å². The molecular weight excluding hydrogens is 304 g/mol. The van der Waals surface area contributed by atoms with E-state index in [1.54, 1.807) is 0 Å². The average molecular weight is 326 g/mol. The van der Waals surface area contributed by atoms with Crippen LogP contribution in [-0.4, -0.2) is 5.84 Å². The molecule has 0 aromatic heterocycles. The van der Waals surface area contributed by atoms with E-state index in [-0.39, 0.29) is 0 Å². The number of benzene rings is 3. The molecule has 1 saturated heterocycles. The summed E-state index contributed by atoms with van der Waals surface area (Å²) in [7, 11) is 0. The van der Waals surface area contributed by atoms with Gasteiger partial charge in [-0.25, -0.2) is 4.99 Å². The van der Waals surface area contributed by atoms with Gasteiger partial charge in [0.15, 0.2) is 0 Å². The van der Waals surface area contributed by atoms with Gasteiger partial charge in [-0.15, -0.1) is 0 Å². The number of nitrogens with zero attached hydrogens (tertiary/aromatic N) is 2. The number of hydrogen-bond donors (Lipinski definition) is 0. The monoisotopic (exact) mass is 326 g/mol. The first-order valence-electron chi connectivity index (χ1n) is 8.91. The highest BCUT2D eigenvalue weighted by atomic mass is 15.3. The van der Waals surface area contributed by atoms with E-state index in [2.05, 4.69) is 78.6 Å². The molecule has 1 heterocycles. The molecule has 2 nitrogen and oxygen atoms in total. The third-order valence-electron chi connectivity index (χ3n) is 4.79. The smallest absolute Gasteiger partial charge is 0.112 e. The third-order valence-corrected chi connectivity index (χ3v) is 4.79. The molecule has 2 heteroatoms. The molecule has 0 radical (unpaired) electrons. The summed E-state index contributed by atoms with van der Waals surface area (Å²) in [5, 5.41) is 0. The number of rotatable bonds is 4. The lowest BCUT2D eigenvalue weighted by Gasteiger charge is -2.44. The van der Waals surface area contributed by atoms with E-state index in [0.29, 0.717) is 6.04 Å². The van der Waals surface area contributed by atoms with Gasteiger partial charge >= 0.3 is 0 Å². The van der Waals surface area contributed by atoms with Crippen molar-refractivity contribution in [2.24, 2.45) is 4.99 Å². The minimum Gasteiger partial charge on any atom is -0.322 e. The van der Waals surface area contributed by atoms with Crippen molar-refractivity contribution in [2.75, 3.05) is 4.90 Å². The van der Waals surface area contributed by atoms with Crippen molar-refractivity contribution in [1.82, 2.24) is 0 Å². The van der Waals surface area contributed by atoms with Gasteiger partial charge in [0.25, 0.3) is 0 Å². The number of para-hydroxylation sites is 2. The normalized spacial score (nSPS) is 18.2. The van der Waals surface area contributed by atoms with E-state index in [4.69, 9.17) is 4.99 Å². The molecule has 1 aliphatic rings.